The van der Waals surface area contributed by atoms with Crippen LogP contribution in [0.1, 0.15) is 43.0 Å². The minimum Gasteiger partial charge on any atom is -0.349 e. The summed E-state index contributed by atoms with van der Waals surface area (Å²) in [5.74, 6) is -0.166. The molecule has 0 aromatic heterocycles. The van der Waals surface area contributed by atoms with Gasteiger partial charge in [-0.25, -0.2) is 0 Å². The van der Waals surface area contributed by atoms with Crippen LogP contribution in [-0.4, -0.2) is 23.9 Å². The number of carbonyl (C=O) groups is 2. The Kier molecular flexibility index (Phi) is 4.74. The maximum atomic E-state index is 11.9. The van der Waals surface area contributed by atoms with Gasteiger partial charge in [-0.1, -0.05) is 6.07 Å². The molecule has 0 saturated heterocycles. The summed E-state index contributed by atoms with van der Waals surface area (Å²) in [6.07, 6.45) is 3.14. The van der Waals surface area contributed by atoms with Gasteiger partial charge in [0, 0.05) is 29.8 Å². The Morgan fingerprint density at radius 2 is 2.15 bits per heavy atom. The smallest absolute Gasteiger partial charge is 0.251 e. The van der Waals surface area contributed by atoms with Gasteiger partial charge in [-0.05, 0) is 44.4 Å². The third-order valence-corrected chi connectivity index (χ3v) is 3.15. The molecule has 0 bridgehead atoms. The van der Waals surface area contributed by atoms with Gasteiger partial charge in [-0.15, -0.1) is 0 Å². The SMILES string of the molecule is CC(N)CCC(=O)Nc1cccc(C(=O)NC2CC2)c1. The van der Waals surface area contributed by atoms with E-state index in [2.05, 4.69) is 10.6 Å². The van der Waals surface area contributed by atoms with E-state index in [-0.39, 0.29) is 17.9 Å². The normalized spacial score (nSPS) is 15.5. The number of nitrogens with two attached hydrogens (primary N) is 1. The van der Waals surface area contributed by atoms with Crippen LogP contribution < -0.4 is 16.4 Å². The number of hydrogen-bond donors (Lipinski definition) is 3. The van der Waals surface area contributed by atoms with Gasteiger partial charge in [0.15, 0.2) is 0 Å². The Bertz CT molecular complexity index is 496. The van der Waals surface area contributed by atoms with Crippen LogP contribution in [0.2, 0.25) is 0 Å². The molecule has 1 aromatic rings. The third-order valence-electron chi connectivity index (χ3n) is 3.15. The Morgan fingerprint density at radius 3 is 2.80 bits per heavy atom. The van der Waals surface area contributed by atoms with Crippen molar-refractivity contribution in [3.05, 3.63) is 29.8 Å². The van der Waals surface area contributed by atoms with Crippen LogP contribution in [-0.2, 0) is 4.79 Å². The van der Waals surface area contributed by atoms with Crippen LogP contribution in [0, 0.1) is 0 Å². The lowest BCUT2D eigenvalue weighted by Crippen LogP contribution is -2.25. The zero-order chi connectivity index (χ0) is 14.5. The minimum absolute atomic E-state index is 0.0106. The van der Waals surface area contributed by atoms with E-state index in [0.29, 0.717) is 30.1 Å². The number of amides is 2. The van der Waals surface area contributed by atoms with Crippen molar-refractivity contribution in [2.45, 2.75) is 44.7 Å². The molecule has 0 spiro atoms. The van der Waals surface area contributed by atoms with Gasteiger partial charge in [0.25, 0.3) is 5.91 Å². The van der Waals surface area contributed by atoms with Gasteiger partial charge in [0.2, 0.25) is 5.91 Å². The molecule has 1 fully saturated rings. The van der Waals surface area contributed by atoms with E-state index in [1.807, 2.05) is 6.92 Å². The van der Waals surface area contributed by atoms with Crippen LogP contribution in [0.4, 0.5) is 5.69 Å². The first-order valence-electron chi connectivity index (χ1n) is 7.01. The van der Waals surface area contributed by atoms with E-state index in [1.165, 1.54) is 0 Å². The van der Waals surface area contributed by atoms with Crippen LogP contribution in [0.5, 0.6) is 0 Å². The van der Waals surface area contributed by atoms with Crippen molar-refractivity contribution < 1.29 is 9.59 Å². The maximum Gasteiger partial charge on any atom is 0.251 e. The highest BCUT2D eigenvalue weighted by Crippen LogP contribution is 2.20. The average Bonchev–Trinajstić information content (AvgIpc) is 3.20. The molecular formula is C15H21N3O2. The molecule has 2 rings (SSSR count). The number of benzene rings is 1. The predicted octanol–water partition coefficient (Wildman–Crippen LogP) is 1.64. The second kappa shape index (κ2) is 6.52. The fraction of sp³-hybridized carbons (Fsp3) is 0.467. The molecule has 1 unspecified atom stereocenters. The van der Waals surface area contributed by atoms with E-state index >= 15 is 0 Å². The largest absolute Gasteiger partial charge is 0.349 e. The Morgan fingerprint density at radius 1 is 1.40 bits per heavy atom. The van der Waals surface area contributed by atoms with E-state index in [9.17, 15) is 9.59 Å². The number of hydrogen-bond acceptors (Lipinski definition) is 3. The summed E-state index contributed by atoms with van der Waals surface area (Å²) >= 11 is 0. The van der Waals surface area contributed by atoms with Crippen molar-refractivity contribution in [2.75, 3.05) is 5.32 Å². The summed E-state index contributed by atoms with van der Waals surface area (Å²) in [6.45, 7) is 1.87. The van der Waals surface area contributed by atoms with Gasteiger partial charge >= 0.3 is 0 Å². The van der Waals surface area contributed by atoms with Gasteiger partial charge in [0.05, 0.1) is 0 Å². The summed E-state index contributed by atoms with van der Waals surface area (Å²) < 4.78 is 0. The van der Waals surface area contributed by atoms with E-state index in [4.69, 9.17) is 5.73 Å². The molecule has 5 nitrogen and oxygen atoms in total. The highest BCUT2D eigenvalue weighted by molar-refractivity contribution is 5.97. The third kappa shape index (κ3) is 4.66. The lowest BCUT2D eigenvalue weighted by molar-refractivity contribution is -0.116. The molecule has 1 aromatic carbocycles. The van der Waals surface area contributed by atoms with Gasteiger partial charge in [-0.2, -0.15) is 0 Å². The second-order valence-corrected chi connectivity index (χ2v) is 5.39. The zero-order valence-corrected chi connectivity index (χ0v) is 11.7. The molecule has 1 aliphatic rings. The van der Waals surface area contributed by atoms with E-state index < -0.39 is 0 Å². The average molecular weight is 275 g/mol. The predicted molar refractivity (Wildman–Crippen MR) is 78.4 cm³/mol. The molecule has 4 N–H and O–H groups in total. The van der Waals surface area contributed by atoms with Crippen molar-refractivity contribution in [3.63, 3.8) is 0 Å². The maximum absolute atomic E-state index is 11.9. The highest BCUT2D eigenvalue weighted by Gasteiger charge is 2.23. The highest BCUT2D eigenvalue weighted by atomic mass is 16.2. The summed E-state index contributed by atoms with van der Waals surface area (Å²) in [5, 5.41) is 5.71. The van der Waals surface area contributed by atoms with Crippen molar-refractivity contribution in [2.24, 2.45) is 5.73 Å². The topological polar surface area (TPSA) is 84.2 Å². The molecule has 5 heteroatoms. The number of anilines is 1. The number of nitrogens with one attached hydrogen (secondary N) is 2. The lowest BCUT2D eigenvalue weighted by Gasteiger charge is -2.09. The molecule has 20 heavy (non-hydrogen) atoms. The molecule has 0 heterocycles. The summed E-state index contributed by atoms with van der Waals surface area (Å²) in [6, 6.07) is 7.32. The van der Waals surface area contributed by atoms with Crippen molar-refractivity contribution in [1.29, 1.82) is 0 Å². The van der Waals surface area contributed by atoms with Gasteiger partial charge < -0.3 is 16.4 Å². The summed E-state index contributed by atoms with van der Waals surface area (Å²) in [5.41, 5.74) is 6.83. The van der Waals surface area contributed by atoms with Crippen LogP contribution >= 0.6 is 0 Å². The quantitative estimate of drug-likeness (QED) is 0.738. The molecule has 1 atom stereocenters. The second-order valence-electron chi connectivity index (χ2n) is 5.39. The van der Waals surface area contributed by atoms with Gasteiger partial charge in [0.1, 0.15) is 0 Å². The molecule has 1 aliphatic carbocycles. The zero-order valence-electron chi connectivity index (χ0n) is 11.7. The minimum atomic E-state index is -0.0841. The number of rotatable bonds is 6. The summed E-state index contributed by atoms with van der Waals surface area (Å²) in [7, 11) is 0. The molecule has 0 aliphatic heterocycles. The fourth-order valence-electron chi connectivity index (χ4n) is 1.82. The molecular weight excluding hydrogens is 254 g/mol. The molecule has 108 valence electrons. The van der Waals surface area contributed by atoms with E-state index in [0.717, 1.165) is 12.8 Å². The molecule has 2 amide bonds. The Balaban J connectivity index is 1.91. The molecule has 1 saturated carbocycles. The van der Waals surface area contributed by atoms with Crippen LogP contribution in [0.15, 0.2) is 24.3 Å². The van der Waals surface area contributed by atoms with E-state index in [1.54, 1.807) is 24.3 Å². The number of carbonyl (C=O) groups excluding carboxylic acids is 2. The first kappa shape index (κ1) is 14.5. The monoisotopic (exact) mass is 275 g/mol. The Labute approximate surface area is 118 Å². The van der Waals surface area contributed by atoms with Crippen molar-refractivity contribution in [3.8, 4) is 0 Å². The molecule has 0 radical (unpaired) electrons. The Hall–Kier alpha value is -1.88. The first-order chi connectivity index (χ1) is 9.54. The van der Waals surface area contributed by atoms with Crippen molar-refractivity contribution in [1.82, 2.24) is 5.32 Å². The van der Waals surface area contributed by atoms with Crippen LogP contribution in [0.25, 0.3) is 0 Å². The standard InChI is InChI=1S/C15H21N3O2/c1-10(16)5-8-14(19)17-13-4-2-3-11(9-13)15(20)18-12-6-7-12/h2-4,9-10,12H,5-8,16H2,1H3,(H,17,19)(H,18,20). The van der Waals surface area contributed by atoms with Crippen molar-refractivity contribution >= 4 is 17.5 Å². The fourth-order valence-corrected chi connectivity index (χ4v) is 1.82. The van der Waals surface area contributed by atoms with Gasteiger partial charge in [-0.3, -0.25) is 9.59 Å². The van der Waals surface area contributed by atoms with Crippen LogP contribution in [0.3, 0.4) is 0 Å². The lowest BCUT2D eigenvalue weighted by atomic mass is 10.1. The summed E-state index contributed by atoms with van der Waals surface area (Å²) in [4.78, 5) is 23.6. The first-order valence-corrected chi connectivity index (χ1v) is 7.01.